The molecule has 0 aliphatic rings. The molecule has 0 aliphatic carbocycles. The summed E-state index contributed by atoms with van der Waals surface area (Å²) in [6, 6.07) is 3.82. The number of hydrazine groups is 1. The van der Waals surface area contributed by atoms with E-state index in [4.69, 9.17) is 10.3 Å². The van der Waals surface area contributed by atoms with E-state index in [1.54, 1.807) is 6.07 Å². The third-order valence-corrected chi connectivity index (χ3v) is 1.92. The minimum atomic E-state index is -4.57. The van der Waals surface area contributed by atoms with E-state index in [1.807, 2.05) is 5.43 Å². The van der Waals surface area contributed by atoms with Crippen molar-refractivity contribution in [3.8, 4) is 11.5 Å². The zero-order chi connectivity index (χ0) is 12.5. The molecule has 0 spiro atoms. The lowest BCUT2D eigenvalue weighted by molar-refractivity contribution is -0.141. The number of nitrogens with zero attached hydrogens (tertiary/aromatic N) is 2. The maximum Gasteiger partial charge on any atom is 0.433 e. The van der Waals surface area contributed by atoms with Crippen molar-refractivity contribution in [2.45, 2.75) is 6.18 Å². The molecule has 0 fully saturated rings. The van der Waals surface area contributed by atoms with Gasteiger partial charge < -0.3 is 4.42 Å². The Morgan fingerprint density at radius 2 is 2.06 bits per heavy atom. The summed E-state index contributed by atoms with van der Waals surface area (Å²) < 4.78 is 42.6. The Hall–Kier alpha value is -2.09. The van der Waals surface area contributed by atoms with Crippen molar-refractivity contribution in [2.75, 3.05) is 5.43 Å². The Kier molecular flexibility index (Phi) is 2.72. The fourth-order valence-corrected chi connectivity index (χ4v) is 1.21. The first kappa shape index (κ1) is 11.4. The van der Waals surface area contributed by atoms with Gasteiger partial charge in [-0.3, -0.25) is 5.43 Å². The van der Waals surface area contributed by atoms with Crippen LogP contribution in [0.4, 0.5) is 19.1 Å². The van der Waals surface area contributed by atoms with Crippen LogP contribution in [0.25, 0.3) is 11.5 Å². The van der Waals surface area contributed by atoms with Crippen molar-refractivity contribution in [3.05, 3.63) is 30.2 Å². The molecule has 0 unspecified atom stereocenters. The highest BCUT2D eigenvalue weighted by molar-refractivity contribution is 5.54. The fourth-order valence-electron chi connectivity index (χ4n) is 1.21. The smallest absolute Gasteiger partial charge is 0.433 e. The van der Waals surface area contributed by atoms with E-state index < -0.39 is 11.9 Å². The van der Waals surface area contributed by atoms with E-state index >= 15 is 0 Å². The number of rotatable bonds is 2. The van der Waals surface area contributed by atoms with Gasteiger partial charge >= 0.3 is 6.18 Å². The lowest BCUT2D eigenvalue weighted by Gasteiger charge is -2.08. The number of hydrogen-bond acceptors (Lipinski definition) is 5. The van der Waals surface area contributed by atoms with Crippen LogP contribution < -0.4 is 11.3 Å². The van der Waals surface area contributed by atoms with Gasteiger partial charge in [0.25, 0.3) is 0 Å². The highest BCUT2D eigenvalue weighted by atomic mass is 19.4. The number of anilines is 1. The first-order valence-electron chi connectivity index (χ1n) is 4.47. The standard InChI is InChI=1S/C9H7F3N4O/c10-9(11,12)7-4-5(6-2-1-3-17-6)14-8(15-7)16-13/h1-4H,13H2,(H,14,15,16). The number of furan rings is 1. The van der Waals surface area contributed by atoms with E-state index in [2.05, 4.69) is 9.97 Å². The summed E-state index contributed by atoms with van der Waals surface area (Å²) in [5.41, 5.74) is 0.892. The quantitative estimate of drug-likeness (QED) is 0.624. The van der Waals surface area contributed by atoms with Crippen molar-refractivity contribution in [1.82, 2.24) is 9.97 Å². The van der Waals surface area contributed by atoms with Crippen molar-refractivity contribution in [2.24, 2.45) is 5.84 Å². The lowest BCUT2D eigenvalue weighted by atomic mass is 10.2. The molecule has 2 aromatic heterocycles. The topological polar surface area (TPSA) is 77.0 Å². The predicted octanol–water partition coefficient (Wildman–Crippen LogP) is 2.04. The van der Waals surface area contributed by atoms with E-state index in [1.165, 1.54) is 12.3 Å². The van der Waals surface area contributed by atoms with Gasteiger partial charge in [0, 0.05) is 0 Å². The van der Waals surface area contributed by atoms with Crippen LogP contribution in [0.3, 0.4) is 0 Å². The van der Waals surface area contributed by atoms with Crippen LogP contribution in [0.5, 0.6) is 0 Å². The molecule has 0 atom stereocenters. The van der Waals surface area contributed by atoms with Gasteiger partial charge in [0.05, 0.1) is 6.26 Å². The lowest BCUT2D eigenvalue weighted by Crippen LogP contribution is -2.15. The first-order valence-corrected chi connectivity index (χ1v) is 4.47. The molecule has 0 aliphatic heterocycles. The van der Waals surface area contributed by atoms with Gasteiger partial charge in [0.2, 0.25) is 5.95 Å². The molecule has 5 nitrogen and oxygen atoms in total. The largest absolute Gasteiger partial charge is 0.463 e. The van der Waals surface area contributed by atoms with Gasteiger partial charge in [-0.2, -0.15) is 13.2 Å². The highest BCUT2D eigenvalue weighted by Crippen LogP contribution is 2.30. The number of nitrogens with two attached hydrogens (primary N) is 1. The molecule has 0 saturated carbocycles. The Morgan fingerprint density at radius 1 is 1.29 bits per heavy atom. The molecule has 3 N–H and O–H groups in total. The SMILES string of the molecule is NNc1nc(-c2ccco2)cc(C(F)(F)F)n1. The molecule has 2 heterocycles. The van der Waals surface area contributed by atoms with E-state index in [0.29, 0.717) is 0 Å². The third-order valence-electron chi connectivity index (χ3n) is 1.92. The summed E-state index contributed by atoms with van der Waals surface area (Å²) in [5.74, 6) is 4.89. The maximum atomic E-state index is 12.5. The van der Waals surface area contributed by atoms with Gasteiger partial charge in [0.15, 0.2) is 11.5 Å². The molecule has 2 aromatic rings. The summed E-state index contributed by atoms with van der Waals surface area (Å²) >= 11 is 0. The number of aromatic nitrogens is 2. The van der Waals surface area contributed by atoms with Crippen LogP contribution >= 0.6 is 0 Å². The van der Waals surface area contributed by atoms with Gasteiger partial charge in [-0.05, 0) is 18.2 Å². The summed E-state index contributed by atoms with van der Waals surface area (Å²) in [6.45, 7) is 0. The Labute approximate surface area is 93.4 Å². The average molecular weight is 244 g/mol. The van der Waals surface area contributed by atoms with E-state index in [0.717, 1.165) is 6.07 Å². The Balaban J connectivity index is 2.54. The normalized spacial score (nSPS) is 11.5. The van der Waals surface area contributed by atoms with Gasteiger partial charge in [0.1, 0.15) is 5.69 Å². The van der Waals surface area contributed by atoms with Crippen LogP contribution in [0, 0.1) is 0 Å². The molecular formula is C9H7F3N4O. The Morgan fingerprint density at radius 3 is 2.59 bits per heavy atom. The van der Waals surface area contributed by atoms with Crippen molar-refractivity contribution < 1.29 is 17.6 Å². The zero-order valence-corrected chi connectivity index (χ0v) is 8.32. The number of halogens is 3. The molecule has 0 aromatic carbocycles. The Bertz CT molecular complexity index is 509. The molecule has 8 heteroatoms. The number of alkyl halides is 3. The first-order chi connectivity index (χ1) is 8.00. The second-order valence-corrected chi connectivity index (χ2v) is 3.08. The summed E-state index contributed by atoms with van der Waals surface area (Å²) in [5, 5.41) is 0. The molecule has 0 radical (unpaired) electrons. The number of nitrogens with one attached hydrogen (secondary N) is 1. The molecule has 17 heavy (non-hydrogen) atoms. The number of hydrogen-bond donors (Lipinski definition) is 2. The van der Waals surface area contributed by atoms with Crippen LogP contribution in [-0.2, 0) is 6.18 Å². The molecular weight excluding hydrogens is 237 g/mol. The monoisotopic (exact) mass is 244 g/mol. The van der Waals surface area contributed by atoms with Gasteiger partial charge in [-0.15, -0.1) is 0 Å². The number of nitrogen functional groups attached to an aromatic ring is 1. The third kappa shape index (κ3) is 2.36. The van der Waals surface area contributed by atoms with E-state index in [-0.39, 0.29) is 17.4 Å². The van der Waals surface area contributed by atoms with Gasteiger partial charge in [-0.25, -0.2) is 15.8 Å². The van der Waals surface area contributed by atoms with Crippen LogP contribution in [0.2, 0.25) is 0 Å². The second kappa shape index (κ2) is 4.06. The van der Waals surface area contributed by atoms with Crippen LogP contribution in [-0.4, -0.2) is 9.97 Å². The molecule has 2 rings (SSSR count). The average Bonchev–Trinajstić information content (AvgIpc) is 2.80. The van der Waals surface area contributed by atoms with Crippen molar-refractivity contribution >= 4 is 5.95 Å². The summed E-state index contributed by atoms with van der Waals surface area (Å²) in [7, 11) is 0. The molecule has 0 saturated heterocycles. The zero-order valence-electron chi connectivity index (χ0n) is 8.32. The van der Waals surface area contributed by atoms with Crippen LogP contribution in [0.15, 0.2) is 28.9 Å². The summed E-state index contributed by atoms with van der Waals surface area (Å²) in [4.78, 5) is 6.99. The van der Waals surface area contributed by atoms with E-state index in [9.17, 15) is 13.2 Å². The highest BCUT2D eigenvalue weighted by Gasteiger charge is 2.34. The van der Waals surface area contributed by atoms with Crippen LogP contribution in [0.1, 0.15) is 5.69 Å². The molecule has 90 valence electrons. The fraction of sp³-hybridized carbons (Fsp3) is 0.111. The van der Waals surface area contributed by atoms with Crippen molar-refractivity contribution in [1.29, 1.82) is 0 Å². The maximum absolute atomic E-state index is 12.5. The minimum absolute atomic E-state index is 0.00488. The van der Waals surface area contributed by atoms with Gasteiger partial charge in [-0.1, -0.05) is 0 Å². The molecule has 0 bridgehead atoms. The predicted molar refractivity (Wildman–Crippen MR) is 52.5 cm³/mol. The second-order valence-electron chi connectivity index (χ2n) is 3.08. The minimum Gasteiger partial charge on any atom is -0.463 e. The molecule has 0 amide bonds. The van der Waals surface area contributed by atoms with Crippen molar-refractivity contribution in [3.63, 3.8) is 0 Å². The summed E-state index contributed by atoms with van der Waals surface area (Å²) in [6.07, 6.45) is -3.24.